The molecule has 1 aliphatic carbocycles. The van der Waals surface area contributed by atoms with Gasteiger partial charge in [0.25, 0.3) is 0 Å². The molecule has 6 heteroatoms. The maximum atomic E-state index is 11.6. The van der Waals surface area contributed by atoms with E-state index in [1.165, 1.54) is 0 Å². The fraction of sp³-hybridized carbons (Fsp3) is 0.923. The molecule has 0 unspecified atom stereocenters. The Morgan fingerprint density at radius 2 is 1.74 bits per heavy atom. The summed E-state index contributed by atoms with van der Waals surface area (Å²) < 4.78 is 5.10. The largest absolute Gasteiger partial charge is 0.466 e. The first-order valence-electron chi connectivity index (χ1n) is 6.92. The van der Waals surface area contributed by atoms with Crippen LogP contribution in [0, 0.1) is 5.92 Å². The highest BCUT2D eigenvalue weighted by Gasteiger charge is 2.30. The van der Waals surface area contributed by atoms with Crippen molar-refractivity contribution in [3.8, 4) is 0 Å². The molecular weight excluding hydrogens is 287 g/mol. The summed E-state index contributed by atoms with van der Waals surface area (Å²) in [6, 6.07) is 0.697. The summed E-state index contributed by atoms with van der Waals surface area (Å²) in [6.07, 6.45) is 4.33. The number of nitrogens with zero attached hydrogens (tertiary/aromatic N) is 1. The fourth-order valence-corrected chi connectivity index (χ4v) is 2.98. The molecule has 1 heterocycles. The summed E-state index contributed by atoms with van der Waals surface area (Å²) in [6.45, 7) is 6.93. The minimum Gasteiger partial charge on any atom is -0.466 e. The van der Waals surface area contributed by atoms with Crippen molar-refractivity contribution in [3.05, 3.63) is 0 Å². The number of carbonyl (C=O) groups is 1. The molecule has 0 atom stereocenters. The number of nitrogens with one attached hydrogen (secondary N) is 1. The molecule has 19 heavy (non-hydrogen) atoms. The molecule has 0 amide bonds. The molecule has 2 rings (SSSR count). The van der Waals surface area contributed by atoms with Crippen LogP contribution in [0.4, 0.5) is 0 Å². The average Bonchev–Trinajstić information content (AvgIpc) is 2.40. The second kappa shape index (κ2) is 9.81. The van der Waals surface area contributed by atoms with Crippen LogP contribution in [0.25, 0.3) is 0 Å². The zero-order chi connectivity index (χ0) is 12.1. The molecule has 0 radical (unpaired) electrons. The topological polar surface area (TPSA) is 41.6 Å². The van der Waals surface area contributed by atoms with Crippen molar-refractivity contribution in [1.82, 2.24) is 10.2 Å². The number of carbonyl (C=O) groups excluding carboxylic acids is 1. The molecule has 1 saturated carbocycles. The maximum Gasteiger partial charge on any atom is 0.308 e. The van der Waals surface area contributed by atoms with Crippen molar-refractivity contribution in [2.45, 2.75) is 38.6 Å². The van der Waals surface area contributed by atoms with Crippen molar-refractivity contribution in [2.75, 3.05) is 32.8 Å². The van der Waals surface area contributed by atoms with Gasteiger partial charge in [0.15, 0.2) is 0 Å². The minimum absolute atomic E-state index is 0. The average molecular weight is 313 g/mol. The van der Waals surface area contributed by atoms with Crippen molar-refractivity contribution >= 4 is 30.8 Å². The van der Waals surface area contributed by atoms with Gasteiger partial charge in [0.05, 0.1) is 12.5 Å². The maximum absolute atomic E-state index is 11.6. The lowest BCUT2D eigenvalue weighted by Crippen LogP contribution is -2.49. The van der Waals surface area contributed by atoms with Crippen LogP contribution >= 0.6 is 24.8 Å². The van der Waals surface area contributed by atoms with E-state index in [1.54, 1.807) is 0 Å². The van der Waals surface area contributed by atoms with E-state index in [0.29, 0.717) is 12.6 Å². The van der Waals surface area contributed by atoms with Crippen molar-refractivity contribution in [2.24, 2.45) is 5.92 Å². The van der Waals surface area contributed by atoms with Gasteiger partial charge in [0, 0.05) is 32.2 Å². The Morgan fingerprint density at radius 1 is 1.16 bits per heavy atom. The molecule has 1 N–H and O–H groups in total. The van der Waals surface area contributed by atoms with E-state index in [-0.39, 0.29) is 36.7 Å². The summed E-state index contributed by atoms with van der Waals surface area (Å²) in [4.78, 5) is 14.2. The smallest absolute Gasteiger partial charge is 0.308 e. The van der Waals surface area contributed by atoms with Crippen molar-refractivity contribution in [3.63, 3.8) is 0 Å². The molecular formula is C13H26Cl2N2O2. The van der Waals surface area contributed by atoms with E-state index >= 15 is 0 Å². The number of piperazine rings is 1. The number of ether oxygens (including phenoxy) is 1. The van der Waals surface area contributed by atoms with Crippen LogP contribution < -0.4 is 5.32 Å². The number of esters is 1. The van der Waals surface area contributed by atoms with E-state index in [0.717, 1.165) is 51.9 Å². The highest BCUT2D eigenvalue weighted by molar-refractivity contribution is 5.85. The first-order chi connectivity index (χ1) is 8.31. The van der Waals surface area contributed by atoms with Crippen LogP contribution in [0.15, 0.2) is 0 Å². The Balaban J connectivity index is 0.00000162. The van der Waals surface area contributed by atoms with Crippen LogP contribution in [-0.4, -0.2) is 49.7 Å². The minimum atomic E-state index is 0. The summed E-state index contributed by atoms with van der Waals surface area (Å²) in [5, 5.41) is 3.38. The summed E-state index contributed by atoms with van der Waals surface area (Å²) >= 11 is 0. The van der Waals surface area contributed by atoms with Gasteiger partial charge in [-0.15, -0.1) is 24.8 Å². The third-order valence-electron chi connectivity index (χ3n) is 3.98. The predicted octanol–water partition coefficient (Wildman–Crippen LogP) is 1.86. The molecule has 2 fully saturated rings. The van der Waals surface area contributed by atoms with Crippen LogP contribution in [0.5, 0.6) is 0 Å². The van der Waals surface area contributed by atoms with Gasteiger partial charge in [-0.1, -0.05) is 0 Å². The number of halogens is 2. The van der Waals surface area contributed by atoms with Gasteiger partial charge in [0.2, 0.25) is 0 Å². The van der Waals surface area contributed by atoms with E-state index in [9.17, 15) is 4.79 Å². The third kappa shape index (κ3) is 5.46. The van der Waals surface area contributed by atoms with Crippen LogP contribution in [0.1, 0.15) is 32.6 Å². The molecule has 0 aromatic rings. The van der Waals surface area contributed by atoms with Gasteiger partial charge >= 0.3 is 5.97 Å². The van der Waals surface area contributed by atoms with E-state index in [2.05, 4.69) is 10.2 Å². The Hall–Kier alpha value is -0.0300. The molecule has 2 aliphatic rings. The molecule has 114 valence electrons. The lowest BCUT2D eigenvalue weighted by atomic mass is 9.85. The highest BCUT2D eigenvalue weighted by atomic mass is 35.5. The standard InChI is InChI=1S/C13H24N2O2.2ClH/c1-2-17-13(16)11-3-5-12(6-4-11)15-9-7-14-8-10-15;;/h11-12,14H,2-10H2,1H3;2*1H. The lowest BCUT2D eigenvalue weighted by Gasteiger charge is -2.38. The van der Waals surface area contributed by atoms with E-state index < -0.39 is 0 Å². The fourth-order valence-electron chi connectivity index (χ4n) is 2.98. The molecule has 0 spiro atoms. The molecule has 0 bridgehead atoms. The zero-order valence-electron chi connectivity index (χ0n) is 11.6. The molecule has 0 aromatic heterocycles. The summed E-state index contributed by atoms with van der Waals surface area (Å²) in [7, 11) is 0. The van der Waals surface area contributed by atoms with Gasteiger partial charge in [-0.25, -0.2) is 0 Å². The second-order valence-electron chi connectivity index (χ2n) is 5.04. The van der Waals surface area contributed by atoms with Gasteiger partial charge in [-0.05, 0) is 32.6 Å². The summed E-state index contributed by atoms with van der Waals surface area (Å²) in [5.74, 6) is 0.181. The van der Waals surface area contributed by atoms with E-state index in [4.69, 9.17) is 4.74 Å². The van der Waals surface area contributed by atoms with Gasteiger partial charge in [-0.3, -0.25) is 9.69 Å². The molecule has 0 aromatic carbocycles. The molecule has 1 saturated heterocycles. The number of hydrogen-bond donors (Lipinski definition) is 1. The Bertz CT molecular complexity index is 253. The monoisotopic (exact) mass is 312 g/mol. The van der Waals surface area contributed by atoms with Crippen LogP contribution in [-0.2, 0) is 9.53 Å². The Morgan fingerprint density at radius 3 is 2.26 bits per heavy atom. The SMILES string of the molecule is CCOC(=O)C1CCC(N2CCNCC2)CC1.Cl.Cl. The van der Waals surface area contributed by atoms with Crippen LogP contribution in [0.3, 0.4) is 0 Å². The number of rotatable bonds is 3. The Kier molecular flexibility index (Phi) is 9.79. The van der Waals surface area contributed by atoms with Gasteiger partial charge in [-0.2, -0.15) is 0 Å². The van der Waals surface area contributed by atoms with Crippen LogP contribution in [0.2, 0.25) is 0 Å². The second-order valence-corrected chi connectivity index (χ2v) is 5.04. The van der Waals surface area contributed by atoms with Crippen molar-refractivity contribution in [1.29, 1.82) is 0 Å². The van der Waals surface area contributed by atoms with Crippen molar-refractivity contribution < 1.29 is 9.53 Å². The van der Waals surface area contributed by atoms with Gasteiger partial charge < -0.3 is 10.1 Å². The first-order valence-corrected chi connectivity index (χ1v) is 6.92. The normalized spacial score (nSPS) is 27.8. The quantitative estimate of drug-likeness (QED) is 0.808. The molecule has 1 aliphatic heterocycles. The van der Waals surface area contributed by atoms with E-state index in [1.807, 2.05) is 6.92 Å². The predicted molar refractivity (Wildman–Crippen MR) is 81.3 cm³/mol. The lowest BCUT2D eigenvalue weighted by molar-refractivity contribution is -0.149. The Labute approximate surface area is 128 Å². The molecule has 4 nitrogen and oxygen atoms in total. The number of hydrogen-bond acceptors (Lipinski definition) is 4. The third-order valence-corrected chi connectivity index (χ3v) is 3.98. The zero-order valence-corrected chi connectivity index (χ0v) is 13.2. The summed E-state index contributed by atoms with van der Waals surface area (Å²) in [5.41, 5.74) is 0. The first kappa shape index (κ1) is 19.0. The highest BCUT2D eigenvalue weighted by Crippen LogP contribution is 2.28. The van der Waals surface area contributed by atoms with Gasteiger partial charge in [0.1, 0.15) is 0 Å².